The van der Waals surface area contributed by atoms with E-state index in [2.05, 4.69) is 16.0 Å². The molecule has 0 aliphatic heterocycles. The fourth-order valence-corrected chi connectivity index (χ4v) is 4.98. The van der Waals surface area contributed by atoms with Crippen molar-refractivity contribution in [1.29, 1.82) is 5.26 Å². The number of sulfone groups is 1. The van der Waals surface area contributed by atoms with E-state index < -0.39 is 15.3 Å². The van der Waals surface area contributed by atoms with E-state index in [1.807, 2.05) is 44.2 Å². The average Bonchev–Trinajstić information content (AvgIpc) is 2.87. The van der Waals surface area contributed by atoms with E-state index in [0.29, 0.717) is 44.6 Å². The van der Waals surface area contributed by atoms with Gasteiger partial charge in [0.2, 0.25) is 0 Å². The van der Waals surface area contributed by atoms with Gasteiger partial charge in [0.05, 0.1) is 27.4 Å². The normalized spacial score (nSPS) is 11.8. The number of hydrogen-bond donors (Lipinski definition) is 0. The Bertz CT molecular complexity index is 1630. The summed E-state index contributed by atoms with van der Waals surface area (Å²) in [5.74, 6) is 1.80. The van der Waals surface area contributed by atoms with Crippen molar-refractivity contribution < 1.29 is 17.9 Å². The highest BCUT2D eigenvalue weighted by atomic mass is 35.5. The first-order chi connectivity index (χ1) is 18.0. The smallest absolute Gasteiger partial charge is 0.155 e. The SMILES string of the molecule is CC(C)(c1ccc(Oc2cccc3nc(CS(C)(=O)=O)ncc23)cc1)c1cc(Cl)c(OCCCl)c(C#N)c1. The number of halogens is 2. The summed E-state index contributed by atoms with van der Waals surface area (Å²) in [6.07, 6.45) is 2.72. The third-order valence-electron chi connectivity index (χ3n) is 6.04. The van der Waals surface area contributed by atoms with Gasteiger partial charge in [-0.15, -0.1) is 11.6 Å². The maximum Gasteiger partial charge on any atom is 0.155 e. The molecular formula is C28H25Cl2N3O4S. The number of benzene rings is 3. The van der Waals surface area contributed by atoms with Crippen molar-refractivity contribution >= 4 is 43.9 Å². The lowest BCUT2D eigenvalue weighted by Gasteiger charge is -2.27. The molecule has 0 amide bonds. The van der Waals surface area contributed by atoms with Gasteiger partial charge in [-0.2, -0.15) is 5.26 Å². The highest BCUT2D eigenvalue weighted by Crippen LogP contribution is 2.39. The summed E-state index contributed by atoms with van der Waals surface area (Å²) in [4.78, 5) is 8.57. The second kappa shape index (κ2) is 11.2. The molecule has 0 spiro atoms. The Labute approximate surface area is 231 Å². The Hall–Kier alpha value is -3.38. The van der Waals surface area contributed by atoms with Crippen LogP contribution in [0.4, 0.5) is 0 Å². The zero-order chi connectivity index (χ0) is 27.5. The van der Waals surface area contributed by atoms with Crippen LogP contribution in [-0.4, -0.2) is 37.1 Å². The lowest BCUT2D eigenvalue weighted by atomic mass is 9.77. The molecule has 0 atom stereocenters. The topological polar surface area (TPSA) is 102 Å². The largest absolute Gasteiger partial charge is 0.489 e. The second-order valence-corrected chi connectivity index (χ2v) is 12.2. The van der Waals surface area contributed by atoms with E-state index in [4.69, 9.17) is 32.7 Å². The maximum atomic E-state index is 11.6. The van der Waals surface area contributed by atoms with Crippen molar-refractivity contribution in [2.75, 3.05) is 18.7 Å². The van der Waals surface area contributed by atoms with Gasteiger partial charge in [-0.05, 0) is 47.5 Å². The minimum Gasteiger partial charge on any atom is -0.489 e. The molecule has 0 unspecified atom stereocenters. The summed E-state index contributed by atoms with van der Waals surface area (Å²) in [6, 6.07) is 18.8. The average molecular weight is 570 g/mol. The lowest BCUT2D eigenvalue weighted by molar-refractivity contribution is 0.341. The standard InChI is InChI=1S/C28H25Cl2N3O4S/c1-28(2,20-13-18(15-31)27(23(30)14-20)36-12-11-29)19-7-9-21(10-8-19)37-25-6-4-5-24-22(25)16-32-26(33-24)17-38(3,34)35/h4-10,13-14,16H,11-12,17H2,1-3H3. The minimum atomic E-state index is -3.24. The van der Waals surface area contributed by atoms with Crippen LogP contribution in [0.15, 0.2) is 60.8 Å². The molecule has 0 aliphatic carbocycles. The zero-order valence-electron chi connectivity index (χ0n) is 21.0. The van der Waals surface area contributed by atoms with Gasteiger partial charge in [0.15, 0.2) is 15.6 Å². The van der Waals surface area contributed by atoms with Crippen LogP contribution in [0, 0.1) is 11.3 Å². The van der Waals surface area contributed by atoms with Crippen LogP contribution in [0.2, 0.25) is 5.02 Å². The predicted molar refractivity (Wildman–Crippen MR) is 149 cm³/mol. The van der Waals surface area contributed by atoms with Gasteiger partial charge in [-0.25, -0.2) is 18.4 Å². The molecule has 1 aromatic heterocycles. The van der Waals surface area contributed by atoms with Crippen LogP contribution in [-0.2, 0) is 21.0 Å². The fraction of sp³-hybridized carbons (Fsp3) is 0.250. The van der Waals surface area contributed by atoms with Crippen LogP contribution in [0.5, 0.6) is 17.2 Å². The Kier molecular flexibility index (Phi) is 8.12. The van der Waals surface area contributed by atoms with Crippen LogP contribution in [0.25, 0.3) is 10.9 Å². The molecule has 0 N–H and O–H groups in total. The molecule has 7 nitrogen and oxygen atoms in total. The van der Waals surface area contributed by atoms with E-state index in [1.165, 1.54) is 0 Å². The summed E-state index contributed by atoms with van der Waals surface area (Å²) in [7, 11) is -3.24. The number of aromatic nitrogens is 2. The van der Waals surface area contributed by atoms with E-state index in [9.17, 15) is 13.7 Å². The molecule has 0 bridgehead atoms. The van der Waals surface area contributed by atoms with Gasteiger partial charge < -0.3 is 9.47 Å². The maximum absolute atomic E-state index is 11.6. The fourth-order valence-electron chi connectivity index (χ4n) is 4.02. The van der Waals surface area contributed by atoms with Gasteiger partial charge in [-0.1, -0.05) is 43.6 Å². The molecule has 4 rings (SSSR count). The molecule has 4 aromatic rings. The molecule has 0 saturated carbocycles. The van der Waals surface area contributed by atoms with Gasteiger partial charge >= 0.3 is 0 Å². The molecule has 3 aromatic carbocycles. The number of ether oxygens (including phenoxy) is 2. The van der Waals surface area contributed by atoms with Gasteiger partial charge in [0.1, 0.15) is 35.8 Å². The monoisotopic (exact) mass is 569 g/mol. The van der Waals surface area contributed by atoms with Crippen molar-refractivity contribution in [2.24, 2.45) is 0 Å². The Morgan fingerprint density at radius 3 is 2.47 bits per heavy atom. The Balaban J connectivity index is 1.59. The van der Waals surface area contributed by atoms with E-state index in [1.54, 1.807) is 30.5 Å². The first-order valence-corrected chi connectivity index (χ1v) is 14.6. The van der Waals surface area contributed by atoms with E-state index in [0.717, 1.165) is 17.4 Å². The Morgan fingerprint density at radius 2 is 1.82 bits per heavy atom. The van der Waals surface area contributed by atoms with Gasteiger partial charge in [-0.3, -0.25) is 0 Å². The van der Waals surface area contributed by atoms with Crippen LogP contribution >= 0.6 is 23.2 Å². The lowest BCUT2D eigenvalue weighted by Crippen LogP contribution is -2.19. The molecule has 196 valence electrons. The number of rotatable bonds is 9. The first kappa shape index (κ1) is 27.6. The number of hydrogen-bond acceptors (Lipinski definition) is 7. The highest BCUT2D eigenvalue weighted by molar-refractivity contribution is 7.89. The zero-order valence-corrected chi connectivity index (χ0v) is 23.4. The van der Waals surface area contributed by atoms with Crippen LogP contribution < -0.4 is 9.47 Å². The first-order valence-electron chi connectivity index (χ1n) is 11.7. The molecule has 1 heterocycles. The summed E-state index contributed by atoms with van der Waals surface area (Å²) in [5, 5.41) is 10.7. The molecule has 38 heavy (non-hydrogen) atoms. The second-order valence-electron chi connectivity index (χ2n) is 9.28. The number of alkyl halides is 1. The quantitative estimate of drug-likeness (QED) is 0.214. The van der Waals surface area contributed by atoms with Crippen LogP contribution in [0.3, 0.4) is 0 Å². The molecule has 0 aliphatic rings. The summed E-state index contributed by atoms with van der Waals surface area (Å²) in [6.45, 7) is 4.35. The molecule has 0 saturated heterocycles. The van der Waals surface area contributed by atoms with Crippen molar-refractivity contribution in [3.05, 3.63) is 88.3 Å². The van der Waals surface area contributed by atoms with E-state index in [-0.39, 0.29) is 18.2 Å². The van der Waals surface area contributed by atoms with Gasteiger partial charge in [0.25, 0.3) is 0 Å². The minimum absolute atomic E-state index is 0.227. The van der Waals surface area contributed by atoms with Gasteiger partial charge in [0, 0.05) is 17.9 Å². The number of fused-ring (bicyclic) bond motifs is 1. The summed E-state index contributed by atoms with van der Waals surface area (Å²) < 4.78 is 34.9. The number of nitrogens with zero attached hydrogens (tertiary/aromatic N) is 3. The van der Waals surface area contributed by atoms with E-state index >= 15 is 0 Å². The van der Waals surface area contributed by atoms with Crippen molar-refractivity contribution in [3.63, 3.8) is 0 Å². The molecule has 0 fully saturated rings. The third-order valence-corrected chi connectivity index (χ3v) is 7.26. The van der Waals surface area contributed by atoms with Crippen molar-refractivity contribution in [1.82, 2.24) is 9.97 Å². The van der Waals surface area contributed by atoms with Crippen molar-refractivity contribution in [2.45, 2.75) is 25.0 Å². The Morgan fingerprint density at radius 1 is 1.08 bits per heavy atom. The highest BCUT2D eigenvalue weighted by Gasteiger charge is 2.26. The predicted octanol–water partition coefficient (Wildman–Crippen LogP) is 6.44. The summed E-state index contributed by atoms with van der Waals surface area (Å²) in [5.41, 5.74) is 2.33. The van der Waals surface area contributed by atoms with Crippen LogP contribution in [0.1, 0.15) is 36.4 Å². The molecule has 10 heteroatoms. The summed E-state index contributed by atoms with van der Waals surface area (Å²) >= 11 is 12.2. The van der Waals surface area contributed by atoms with Crippen molar-refractivity contribution in [3.8, 4) is 23.3 Å². The molecular weight excluding hydrogens is 545 g/mol. The number of nitriles is 1. The molecule has 0 radical (unpaired) electrons. The third kappa shape index (κ3) is 6.18.